The lowest BCUT2D eigenvalue weighted by molar-refractivity contribution is 0.601. The SMILES string of the molecule is Nc1ccc(Cl)c(S(=O)(=O)Nc2ccccc2)c1. The first-order valence-electron chi connectivity index (χ1n) is 5.12. The van der Waals surface area contributed by atoms with E-state index in [-0.39, 0.29) is 9.92 Å². The maximum Gasteiger partial charge on any atom is 0.263 e. The minimum absolute atomic E-state index is 0.0342. The highest BCUT2D eigenvalue weighted by molar-refractivity contribution is 7.92. The number of anilines is 2. The Labute approximate surface area is 110 Å². The molecule has 4 nitrogen and oxygen atoms in total. The van der Waals surface area contributed by atoms with E-state index < -0.39 is 10.0 Å². The molecule has 0 amide bonds. The van der Waals surface area contributed by atoms with E-state index in [1.807, 2.05) is 0 Å². The van der Waals surface area contributed by atoms with E-state index in [1.54, 1.807) is 36.4 Å². The van der Waals surface area contributed by atoms with Gasteiger partial charge in [-0.15, -0.1) is 0 Å². The summed E-state index contributed by atoms with van der Waals surface area (Å²) in [6, 6.07) is 12.9. The third-order valence-electron chi connectivity index (χ3n) is 2.27. The third-order valence-corrected chi connectivity index (χ3v) is 4.13. The zero-order valence-electron chi connectivity index (χ0n) is 9.30. The number of hydrogen-bond donors (Lipinski definition) is 2. The maximum atomic E-state index is 12.1. The lowest BCUT2D eigenvalue weighted by Crippen LogP contribution is -2.13. The first-order chi connectivity index (χ1) is 8.49. The Bertz CT molecular complexity index is 657. The van der Waals surface area contributed by atoms with Crippen molar-refractivity contribution in [1.82, 2.24) is 0 Å². The fraction of sp³-hybridized carbons (Fsp3) is 0. The monoisotopic (exact) mass is 282 g/mol. The van der Waals surface area contributed by atoms with Crippen LogP contribution in [0.5, 0.6) is 0 Å². The number of benzene rings is 2. The van der Waals surface area contributed by atoms with Gasteiger partial charge in [-0.3, -0.25) is 4.72 Å². The van der Waals surface area contributed by atoms with Crippen LogP contribution in [0.4, 0.5) is 11.4 Å². The molecule has 0 unspecified atom stereocenters. The molecule has 2 rings (SSSR count). The molecule has 0 saturated heterocycles. The molecule has 0 spiro atoms. The number of halogens is 1. The van der Waals surface area contributed by atoms with Gasteiger partial charge in [0.1, 0.15) is 4.90 Å². The normalized spacial score (nSPS) is 11.2. The van der Waals surface area contributed by atoms with Crippen LogP contribution in [0, 0.1) is 0 Å². The molecule has 6 heteroatoms. The van der Waals surface area contributed by atoms with Gasteiger partial charge < -0.3 is 5.73 Å². The highest BCUT2D eigenvalue weighted by atomic mass is 35.5. The fourth-order valence-electron chi connectivity index (χ4n) is 1.44. The molecule has 0 aromatic heterocycles. The number of sulfonamides is 1. The van der Waals surface area contributed by atoms with Crippen LogP contribution in [0.15, 0.2) is 53.4 Å². The molecule has 0 aliphatic heterocycles. The van der Waals surface area contributed by atoms with Gasteiger partial charge in [-0.05, 0) is 30.3 Å². The second-order valence-electron chi connectivity index (χ2n) is 3.66. The average molecular weight is 283 g/mol. The van der Waals surface area contributed by atoms with Gasteiger partial charge in [-0.25, -0.2) is 8.42 Å². The van der Waals surface area contributed by atoms with Gasteiger partial charge in [0.15, 0.2) is 0 Å². The van der Waals surface area contributed by atoms with Gasteiger partial charge in [0.05, 0.1) is 5.02 Å². The molecule has 0 aliphatic carbocycles. The Morgan fingerprint density at radius 1 is 1.06 bits per heavy atom. The number of rotatable bonds is 3. The molecule has 0 atom stereocenters. The summed E-state index contributed by atoms with van der Waals surface area (Å²) in [5.41, 5.74) is 6.38. The molecule has 0 saturated carbocycles. The minimum atomic E-state index is -3.73. The molecule has 0 radical (unpaired) electrons. The zero-order chi connectivity index (χ0) is 13.2. The molecule has 18 heavy (non-hydrogen) atoms. The van der Waals surface area contributed by atoms with Crippen LogP contribution in [-0.4, -0.2) is 8.42 Å². The number of nitrogen functional groups attached to an aromatic ring is 1. The highest BCUT2D eigenvalue weighted by Crippen LogP contribution is 2.25. The van der Waals surface area contributed by atoms with Gasteiger partial charge >= 0.3 is 0 Å². The lowest BCUT2D eigenvalue weighted by Gasteiger charge is -2.09. The Kier molecular flexibility index (Phi) is 3.45. The van der Waals surface area contributed by atoms with Crippen LogP contribution in [-0.2, 0) is 10.0 Å². The van der Waals surface area contributed by atoms with E-state index in [0.29, 0.717) is 11.4 Å². The third kappa shape index (κ3) is 2.75. The Morgan fingerprint density at radius 3 is 2.39 bits per heavy atom. The second-order valence-corrected chi connectivity index (χ2v) is 5.72. The van der Waals surface area contributed by atoms with Crippen molar-refractivity contribution in [3.05, 3.63) is 53.6 Å². The van der Waals surface area contributed by atoms with Gasteiger partial charge in [0.2, 0.25) is 0 Å². The standard InChI is InChI=1S/C12H11ClN2O2S/c13-11-7-6-9(14)8-12(11)18(16,17)15-10-4-2-1-3-5-10/h1-8,15H,14H2. The molecule has 2 aromatic carbocycles. The molecule has 0 heterocycles. The van der Waals surface area contributed by atoms with Crippen molar-refractivity contribution in [2.45, 2.75) is 4.90 Å². The second kappa shape index (κ2) is 4.88. The van der Waals surface area contributed by atoms with Crippen molar-refractivity contribution in [3.8, 4) is 0 Å². The van der Waals surface area contributed by atoms with Crippen molar-refractivity contribution in [2.24, 2.45) is 0 Å². The van der Waals surface area contributed by atoms with Crippen molar-refractivity contribution in [1.29, 1.82) is 0 Å². The minimum Gasteiger partial charge on any atom is -0.399 e. The summed E-state index contributed by atoms with van der Waals surface area (Å²) in [6.07, 6.45) is 0. The van der Waals surface area contributed by atoms with Crippen LogP contribution in [0.25, 0.3) is 0 Å². The van der Waals surface area contributed by atoms with Crippen molar-refractivity contribution in [3.63, 3.8) is 0 Å². The van der Waals surface area contributed by atoms with Crippen molar-refractivity contribution in [2.75, 3.05) is 10.5 Å². The van der Waals surface area contributed by atoms with Crippen LogP contribution in [0.3, 0.4) is 0 Å². The molecule has 2 aromatic rings. The smallest absolute Gasteiger partial charge is 0.263 e. The summed E-state index contributed by atoms with van der Waals surface area (Å²) in [5, 5.41) is 0.132. The van der Waals surface area contributed by atoms with E-state index in [0.717, 1.165) is 0 Å². The summed E-state index contributed by atoms with van der Waals surface area (Å²) in [6.45, 7) is 0. The number of para-hydroxylation sites is 1. The van der Waals surface area contributed by atoms with Gasteiger partial charge in [-0.2, -0.15) is 0 Å². The fourth-order valence-corrected chi connectivity index (χ4v) is 3.04. The molecular weight excluding hydrogens is 272 g/mol. The maximum absolute atomic E-state index is 12.1. The molecule has 0 fully saturated rings. The van der Waals surface area contributed by atoms with Crippen molar-refractivity contribution >= 4 is 33.0 Å². The summed E-state index contributed by atoms with van der Waals surface area (Å²) < 4.78 is 26.7. The lowest BCUT2D eigenvalue weighted by atomic mass is 10.3. The summed E-state index contributed by atoms with van der Waals surface area (Å²) in [4.78, 5) is -0.0342. The quantitative estimate of drug-likeness (QED) is 0.850. The first-order valence-corrected chi connectivity index (χ1v) is 6.98. The van der Waals surface area contributed by atoms with Gasteiger partial charge in [-0.1, -0.05) is 29.8 Å². The number of nitrogens with two attached hydrogens (primary N) is 1. The average Bonchev–Trinajstić information content (AvgIpc) is 2.33. The van der Waals surface area contributed by atoms with Gasteiger partial charge in [0, 0.05) is 11.4 Å². The summed E-state index contributed by atoms with van der Waals surface area (Å²) in [5.74, 6) is 0. The van der Waals surface area contributed by atoms with E-state index >= 15 is 0 Å². The Hall–Kier alpha value is -1.72. The van der Waals surface area contributed by atoms with Crippen LogP contribution >= 0.6 is 11.6 Å². The largest absolute Gasteiger partial charge is 0.399 e. The molecule has 94 valence electrons. The molecular formula is C12H11ClN2O2S. The zero-order valence-corrected chi connectivity index (χ0v) is 10.9. The van der Waals surface area contributed by atoms with Gasteiger partial charge in [0.25, 0.3) is 10.0 Å². The highest BCUT2D eigenvalue weighted by Gasteiger charge is 2.18. The van der Waals surface area contributed by atoms with Crippen LogP contribution < -0.4 is 10.5 Å². The molecule has 0 aliphatic rings. The van der Waals surface area contributed by atoms with Crippen LogP contribution in [0.2, 0.25) is 5.02 Å². The van der Waals surface area contributed by atoms with E-state index in [4.69, 9.17) is 17.3 Å². The Morgan fingerprint density at radius 2 is 1.72 bits per heavy atom. The first kappa shape index (κ1) is 12.7. The van der Waals surface area contributed by atoms with E-state index in [9.17, 15) is 8.42 Å². The molecule has 0 bridgehead atoms. The Balaban J connectivity index is 2.40. The van der Waals surface area contributed by atoms with E-state index in [1.165, 1.54) is 12.1 Å². The summed E-state index contributed by atoms with van der Waals surface area (Å²) >= 11 is 5.87. The number of nitrogens with one attached hydrogen (secondary N) is 1. The predicted octanol–water partition coefficient (Wildman–Crippen LogP) is 2.72. The number of hydrogen-bond acceptors (Lipinski definition) is 3. The van der Waals surface area contributed by atoms with Crippen LogP contribution in [0.1, 0.15) is 0 Å². The topological polar surface area (TPSA) is 72.2 Å². The molecule has 3 N–H and O–H groups in total. The summed E-state index contributed by atoms with van der Waals surface area (Å²) in [7, 11) is -3.73. The predicted molar refractivity (Wildman–Crippen MR) is 73.1 cm³/mol. The van der Waals surface area contributed by atoms with E-state index in [2.05, 4.69) is 4.72 Å². The van der Waals surface area contributed by atoms with Crippen molar-refractivity contribution < 1.29 is 8.42 Å².